The first-order valence-electron chi connectivity index (χ1n) is 10.1. The van der Waals surface area contributed by atoms with Gasteiger partial charge in [-0.2, -0.15) is 0 Å². The number of aromatic hydroxyl groups is 3. The number of rotatable bonds is 6. The maximum atomic E-state index is 11.7. The van der Waals surface area contributed by atoms with Crippen LogP contribution in [-0.2, 0) is 16.0 Å². The highest BCUT2D eigenvalue weighted by atomic mass is 16.4. The number of Topliss-reactive ketones (excluding diaryl/α,β-unsaturated/α-hetero) is 1. The molecule has 2 fully saturated rings. The molecule has 2 aliphatic carbocycles. The summed E-state index contributed by atoms with van der Waals surface area (Å²) in [5.74, 6) is -1.70. The highest BCUT2D eigenvalue weighted by Gasteiger charge is 2.36. The molecule has 0 spiro atoms. The minimum Gasteiger partial charge on any atom is -0.506 e. The Bertz CT molecular complexity index is 746. The molecule has 4 unspecified atom stereocenters. The van der Waals surface area contributed by atoms with E-state index in [0.717, 1.165) is 32.3 Å². The molecule has 2 saturated carbocycles. The van der Waals surface area contributed by atoms with Gasteiger partial charge in [0, 0.05) is 11.6 Å². The van der Waals surface area contributed by atoms with Gasteiger partial charge in [0.1, 0.15) is 5.75 Å². The lowest BCUT2D eigenvalue weighted by atomic mass is 9.64. The number of carboxylic acids is 1. The lowest BCUT2D eigenvalue weighted by molar-refractivity contribution is -0.140. The molecule has 1 aromatic rings. The molecular formula is C21H29NO6. The van der Waals surface area contributed by atoms with Gasteiger partial charge in [0.05, 0.1) is 5.69 Å². The molecule has 0 radical (unpaired) electrons. The maximum Gasteiger partial charge on any atom is 0.333 e. The van der Waals surface area contributed by atoms with E-state index in [9.17, 15) is 30.0 Å². The molecule has 4 atom stereocenters. The van der Waals surface area contributed by atoms with Gasteiger partial charge in [0.15, 0.2) is 23.3 Å². The fraction of sp³-hybridized carbons (Fsp3) is 0.619. The summed E-state index contributed by atoms with van der Waals surface area (Å²) in [7, 11) is 0. The Labute approximate surface area is 164 Å². The molecule has 0 heterocycles. The summed E-state index contributed by atoms with van der Waals surface area (Å²) in [6, 6.07) is -0.577. The van der Waals surface area contributed by atoms with Crippen molar-refractivity contribution in [2.24, 2.45) is 17.8 Å². The van der Waals surface area contributed by atoms with E-state index < -0.39 is 23.5 Å². The van der Waals surface area contributed by atoms with Crippen LogP contribution in [0.1, 0.15) is 57.4 Å². The van der Waals surface area contributed by atoms with Gasteiger partial charge in [0.25, 0.3) is 0 Å². The molecule has 7 nitrogen and oxygen atoms in total. The zero-order chi connectivity index (χ0) is 20.4. The number of phenolic OH excluding ortho intramolecular Hbond substituents is 3. The van der Waals surface area contributed by atoms with Crippen LogP contribution in [-0.4, -0.2) is 38.2 Å². The maximum absolute atomic E-state index is 11.7. The molecule has 2 aliphatic rings. The van der Waals surface area contributed by atoms with Gasteiger partial charge in [-0.05, 0) is 43.9 Å². The minimum absolute atomic E-state index is 0.0100. The van der Waals surface area contributed by atoms with Crippen LogP contribution in [0.15, 0.2) is 6.07 Å². The van der Waals surface area contributed by atoms with E-state index in [1.807, 2.05) is 0 Å². The van der Waals surface area contributed by atoms with Crippen LogP contribution >= 0.6 is 0 Å². The van der Waals surface area contributed by atoms with Crippen LogP contribution in [0.3, 0.4) is 0 Å². The number of ketones is 1. The van der Waals surface area contributed by atoms with Crippen LogP contribution in [0.25, 0.3) is 0 Å². The Balaban J connectivity index is 1.94. The van der Waals surface area contributed by atoms with Crippen molar-refractivity contribution in [2.45, 2.75) is 64.3 Å². The highest BCUT2D eigenvalue weighted by Crippen LogP contribution is 2.48. The van der Waals surface area contributed by atoms with Crippen molar-refractivity contribution in [1.29, 1.82) is 0 Å². The second-order valence-corrected chi connectivity index (χ2v) is 8.25. The number of benzene rings is 1. The van der Waals surface area contributed by atoms with Crippen molar-refractivity contribution in [1.82, 2.24) is 0 Å². The largest absolute Gasteiger partial charge is 0.506 e. The van der Waals surface area contributed by atoms with E-state index in [4.69, 9.17) is 0 Å². The summed E-state index contributed by atoms with van der Waals surface area (Å²) in [5, 5.41) is 42.7. The predicted molar refractivity (Wildman–Crippen MR) is 104 cm³/mol. The summed E-state index contributed by atoms with van der Waals surface area (Å²) < 4.78 is 0. The summed E-state index contributed by atoms with van der Waals surface area (Å²) in [6.45, 7) is 1.15. The molecule has 0 aliphatic heterocycles. The monoisotopic (exact) mass is 391 g/mol. The van der Waals surface area contributed by atoms with Crippen molar-refractivity contribution >= 4 is 17.4 Å². The SMILES string of the molecule is CC(=O)C(Nc1c(O)cc(O)c(O)c1CC1CCCC2CCCCC21)C(=O)O. The van der Waals surface area contributed by atoms with Gasteiger partial charge in [-0.15, -0.1) is 0 Å². The van der Waals surface area contributed by atoms with Gasteiger partial charge in [-0.25, -0.2) is 4.79 Å². The molecule has 3 rings (SSSR count). The van der Waals surface area contributed by atoms with Crippen LogP contribution in [0.2, 0.25) is 0 Å². The number of aliphatic carboxylic acids is 1. The molecule has 0 amide bonds. The first kappa shape index (κ1) is 20.3. The normalized spacial score (nSPS) is 25.5. The van der Waals surface area contributed by atoms with Gasteiger partial charge in [0.2, 0.25) is 0 Å². The Morgan fingerprint density at radius 3 is 2.43 bits per heavy atom. The molecule has 1 aromatic carbocycles. The molecule has 154 valence electrons. The topological polar surface area (TPSA) is 127 Å². The smallest absolute Gasteiger partial charge is 0.333 e. The van der Waals surface area contributed by atoms with Crippen LogP contribution in [0.5, 0.6) is 17.2 Å². The predicted octanol–water partition coefficient (Wildman–Crippen LogP) is 3.41. The number of anilines is 1. The van der Waals surface area contributed by atoms with Crippen LogP contribution in [0, 0.1) is 17.8 Å². The fourth-order valence-corrected chi connectivity index (χ4v) is 5.13. The van der Waals surface area contributed by atoms with Crippen molar-refractivity contribution in [3.63, 3.8) is 0 Å². The molecule has 0 aromatic heterocycles. The Morgan fingerprint density at radius 1 is 1.07 bits per heavy atom. The zero-order valence-electron chi connectivity index (χ0n) is 16.1. The molecule has 7 heteroatoms. The average Bonchev–Trinajstić information content (AvgIpc) is 2.65. The lowest BCUT2D eigenvalue weighted by Crippen LogP contribution is -2.36. The second-order valence-electron chi connectivity index (χ2n) is 8.25. The van der Waals surface area contributed by atoms with Gasteiger partial charge in [-0.3, -0.25) is 4.79 Å². The van der Waals surface area contributed by atoms with Crippen molar-refractivity contribution in [2.75, 3.05) is 5.32 Å². The van der Waals surface area contributed by atoms with Gasteiger partial charge < -0.3 is 25.7 Å². The van der Waals surface area contributed by atoms with Gasteiger partial charge in [-0.1, -0.05) is 32.1 Å². The van der Waals surface area contributed by atoms with Crippen molar-refractivity contribution in [3.05, 3.63) is 11.6 Å². The van der Waals surface area contributed by atoms with Crippen LogP contribution < -0.4 is 5.32 Å². The zero-order valence-corrected chi connectivity index (χ0v) is 16.1. The third-order valence-electron chi connectivity index (χ3n) is 6.49. The van der Waals surface area contributed by atoms with E-state index in [2.05, 4.69) is 5.32 Å². The lowest BCUT2D eigenvalue weighted by Gasteiger charge is -2.42. The first-order chi connectivity index (χ1) is 13.3. The number of carbonyl (C=O) groups excluding carboxylic acids is 1. The van der Waals surface area contributed by atoms with Crippen molar-refractivity contribution in [3.8, 4) is 17.2 Å². The summed E-state index contributed by atoms with van der Waals surface area (Å²) in [4.78, 5) is 23.1. The minimum atomic E-state index is -1.54. The second kappa shape index (κ2) is 8.29. The molecular weight excluding hydrogens is 362 g/mol. The summed E-state index contributed by atoms with van der Waals surface area (Å²) >= 11 is 0. The number of nitrogens with one attached hydrogen (secondary N) is 1. The first-order valence-corrected chi connectivity index (χ1v) is 10.1. The quantitative estimate of drug-likeness (QED) is 0.286. The van der Waals surface area contributed by atoms with E-state index in [1.165, 1.54) is 25.7 Å². The van der Waals surface area contributed by atoms with Crippen LogP contribution in [0.4, 0.5) is 5.69 Å². The Morgan fingerprint density at radius 2 is 1.75 bits per heavy atom. The average molecular weight is 391 g/mol. The number of carboxylic acid groups (broad SMARTS) is 1. The van der Waals surface area contributed by atoms with Crippen molar-refractivity contribution < 1.29 is 30.0 Å². The third-order valence-corrected chi connectivity index (χ3v) is 6.49. The van der Waals surface area contributed by atoms with E-state index in [1.54, 1.807) is 0 Å². The molecule has 5 N–H and O–H groups in total. The Kier molecular flexibility index (Phi) is 6.01. The van der Waals surface area contributed by atoms with Gasteiger partial charge >= 0.3 is 5.97 Å². The summed E-state index contributed by atoms with van der Waals surface area (Å²) in [6.07, 6.45) is 8.51. The number of hydrogen-bond acceptors (Lipinski definition) is 6. The highest BCUT2D eigenvalue weighted by molar-refractivity contribution is 6.04. The number of phenols is 3. The third kappa shape index (κ3) is 4.03. The standard InChI is InChI=1S/C21H29NO6/c1-11(23)18(21(27)28)22-19-15(20(26)17(25)10-16(19)24)9-13-7-4-6-12-5-2-3-8-14(12)13/h10,12-14,18,22,24-26H,2-9H2,1H3,(H,27,28). The fourth-order valence-electron chi connectivity index (χ4n) is 5.13. The molecule has 0 saturated heterocycles. The number of carbonyl (C=O) groups is 2. The Hall–Kier alpha value is -2.44. The molecule has 0 bridgehead atoms. The van der Waals surface area contributed by atoms with E-state index in [-0.39, 0.29) is 28.7 Å². The van der Waals surface area contributed by atoms with E-state index >= 15 is 0 Å². The van der Waals surface area contributed by atoms with E-state index in [0.29, 0.717) is 18.3 Å². The number of hydrogen-bond donors (Lipinski definition) is 5. The number of fused-ring (bicyclic) bond motifs is 1. The summed E-state index contributed by atoms with van der Waals surface area (Å²) in [5.41, 5.74) is 0.289. The molecule has 28 heavy (non-hydrogen) atoms.